The SMILES string of the molecule is CCC(C)CS(=O)(=O)CCNc1ccccc1F. The van der Waals surface area contributed by atoms with Gasteiger partial charge in [0.15, 0.2) is 9.84 Å². The largest absolute Gasteiger partial charge is 0.382 e. The van der Waals surface area contributed by atoms with Crippen molar-refractivity contribution in [1.82, 2.24) is 0 Å². The number of benzene rings is 1. The third kappa shape index (κ3) is 5.04. The Labute approximate surface area is 108 Å². The number of anilines is 1. The van der Waals surface area contributed by atoms with Crippen molar-refractivity contribution in [3.63, 3.8) is 0 Å². The van der Waals surface area contributed by atoms with Crippen molar-refractivity contribution in [3.05, 3.63) is 30.1 Å². The zero-order chi connectivity index (χ0) is 13.6. The molecule has 1 rings (SSSR count). The van der Waals surface area contributed by atoms with Crippen LogP contribution in [0.2, 0.25) is 0 Å². The summed E-state index contributed by atoms with van der Waals surface area (Å²) in [7, 11) is -3.06. The van der Waals surface area contributed by atoms with Crippen molar-refractivity contribution in [3.8, 4) is 0 Å². The molecule has 0 aliphatic heterocycles. The fourth-order valence-corrected chi connectivity index (χ4v) is 3.26. The van der Waals surface area contributed by atoms with E-state index in [1.807, 2.05) is 13.8 Å². The Kier molecular flexibility index (Phi) is 5.59. The lowest BCUT2D eigenvalue weighted by molar-refractivity contribution is 0.564. The lowest BCUT2D eigenvalue weighted by atomic mass is 10.2. The van der Waals surface area contributed by atoms with Crippen molar-refractivity contribution in [1.29, 1.82) is 0 Å². The molecule has 1 atom stereocenters. The first-order valence-corrected chi connectivity index (χ1v) is 7.95. The van der Waals surface area contributed by atoms with Crippen LogP contribution in [0.25, 0.3) is 0 Å². The van der Waals surface area contributed by atoms with E-state index in [-0.39, 0.29) is 29.8 Å². The van der Waals surface area contributed by atoms with Crippen LogP contribution in [0, 0.1) is 11.7 Å². The lowest BCUT2D eigenvalue weighted by Gasteiger charge is -2.11. The summed E-state index contributed by atoms with van der Waals surface area (Å²) in [5.41, 5.74) is 0.344. The van der Waals surface area contributed by atoms with Gasteiger partial charge in [0.2, 0.25) is 0 Å². The molecule has 0 saturated carbocycles. The van der Waals surface area contributed by atoms with E-state index in [1.54, 1.807) is 18.2 Å². The molecule has 0 heterocycles. The molecule has 1 aromatic rings. The van der Waals surface area contributed by atoms with E-state index in [9.17, 15) is 12.8 Å². The average Bonchev–Trinajstić information content (AvgIpc) is 2.30. The van der Waals surface area contributed by atoms with Gasteiger partial charge in [0.25, 0.3) is 0 Å². The molecule has 0 amide bonds. The van der Waals surface area contributed by atoms with Crippen LogP contribution < -0.4 is 5.32 Å². The molecule has 0 aliphatic carbocycles. The monoisotopic (exact) mass is 273 g/mol. The van der Waals surface area contributed by atoms with Crippen LogP contribution in [-0.4, -0.2) is 26.5 Å². The first kappa shape index (κ1) is 15.0. The first-order chi connectivity index (χ1) is 8.44. The molecule has 0 radical (unpaired) electrons. The van der Waals surface area contributed by atoms with E-state index in [0.717, 1.165) is 6.42 Å². The number of hydrogen-bond acceptors (Lipinski definition) is 3. The molecular weight excluding hydrogens is 253 g/mol. The molecule has 102 valence electrons. The van der Waals surface area contributed by atoms with Gasteiger partial charge in [0.1, 0.15) is 5.82 Å². The topological polar surface area (TPSA) is 46.2 Å². The van der Waals surface area contributed by atoms with Crippen molar-refractivity contribution in [2.24, 2.45) is 5.92 Å². The second-order valence-electron chi connectivity index (χ2n) is 4.53. The number of hydrogen-bond donors (Lipinski definition) is 1. The lowest BCUT2D eigenvalue weighted by Crippen LogP contribution is -2.22. The van der Waals surface area contributed by atoms with Crippen molar-refractivity contribution in [2.45, 2.75) is 20.3 Å². The second-order valence-corrected chi connectivity index (χ2v) is 6.76. The van der Waals surface area contributed by atoms with Gasteiger partial charge in [-0.1, -0.05) is 32.4 Å². The molecule has 0 bridgehead atoms. The molecule has 5 heteroatoms. The van der Waals surface area contributed by atoms with Gasteiger partial charge in [-0.05, 0) is 18.1 Å². The van der Waals surface area contributed by atoms with Gasteiger partial charge in [0.05, 0.1) is 17.2 Å². The van der Waals surface area contributed by atoms with Crippen LogP contribution in [0.1, 0.15) is 20.3 Å². The van der Waals surface area contributed by atoms with Crippen molar-refractivity contribution in [2.75, 3.05) is 23.4 Å². The Morgan fingerprint density at radius 3 is 2.61 bits per heavy atom. The summed E-state index contributed by atoms with van der Waals surface area (Å²) >= 11 is 0. The minimum atomic E-state index is -3.06. The fraction of sp³-hybridized carbons (Fsp3) is 0.538. The molecule has 0 saturated heterocycles. The van der Waals surface area contributed by atoms with Gasteiger partial charge in [-0.15, -0.1) is 0 Å². The van der Waals surface area contributed by atoms with Crippen LogP contribution in [-0.2, 0) is 9.84 Å². The second kappa shape index (κ2) is 6.73. The van der Waals surface area contributed by atoms with E-state index in [2.05, 4.69) is 5.32 Å². The summed E-state index contributed by atoms with van der Waals surface area (Å²) in [6, 6.07) is 6.24. The predicted octanol–water partition coefficient (Wildman–Crippen LogP) is 2.70. The summed E-state index contributed by atoms with van der Waals surface area (Å²) in [5, 5.41) is 2.81. The average molecular weight is 273 g/mol. The van der Waals surface area contributed by atoms with Crippen LogP contribution in [0.15, 0.2) is 24.3 Å². The maximum atomic E-state index is 13.3. The van der Waals surface area contributed by atoms with Crippen molar-refractivity contribution < 1.29 is 12.8 Å². The number of rotatable bonds is 7. The predicted molar refractivity (Wildman–Crippen MR) is 73.0 cm³/mol. The number of para-hydroxylation sites is 1. The molecule has 0 fully saturated rings. The molecule has 1 unspecified atom stereocenters. The number of nitrogens with one attached hydrogen (secondary N) is 1. The maximum Gasteiger partial charge on any atom is 0.152 e. The molecule has 0 aromatic heterocycles. The Balaban J connectivity index is 2.44. The van der Waals surface area contributed by atoms with E-state index in [1.165, 1.54) is 6.07 Å². The zero-order valence-electron chi connectivity index (χ0n) is 10.8. The highest BCUT2D eigenvalue weighted by Gasteiger charge is 2.14. The molecular formula is C13H20FNO2S. The van der Waals surface area contributed by atoms with Gasteiger partial charge in [-0.2, -0.15) is 0 Å². The fourth-order valence-electron chi connectivity index (χ4n) is 1.58. The Bertz CT molecular complexity index is 474. The van der Waals surface area contributed by atoms with Crippen LogP contribution in [0.3, 0.4) is 0 Å². The van der Waals surface area contributed by atoms with Gasteiger partial charge in [-0.25, -0.2) is 12.8 Å². The van der Waals surface area contributed by atoms with Crippen molar-refractivity contribution >= 4 is 15.5 Å². The molecule has 3 nitrogen and oxygen atoms in total. The summed E-state index contributed by atoms with van der Waals surface area (Å²) in [6.07, 6.45) is 0.847. The normalized spacial score (nSPS) is 13.3. The molecule has 1 aromatic carbocycles. The van der Waals surface area contributed by atoms with Gasteiger partial charge in [-0.3, -0.25) is 0 Å². The third-order valence-electron chi connectivity index (χ3n) is 2.84. The van der Waals surface area contributed by atoms with Gasteiger partial charge >= 0.3 is 0 Å². The highest BCUT2D eigenvalue weighted by Crippen LogP contribution is 2.12. The number of sulfone groups is 1. The van der Waals surface area contributed by atoms with E-state index >= 15 is 0 Å². The number of halogens is 1. The third-order valence-corrected chi connectivity index (χ3v) is 4.74. The summed E-state index contributed by atoms with van der Waals surface area (Å²) in [5.74, 6) is 0.0361. The minimum absolute atomic E-state index is 0.0334. The standard InChI is InChI=1S/C13H20FNO2S/c1-3-11(2)10-18(16,17)9-8-15-13-7-5-4-6-12(13)14/h4-7,11,15H,3,8-10H2,1-2H3. The summed E-state index contributed by atoms with van der Waals surface area (Å²) in [6.45, 7) is 4.12. The Morgan fingerprint density at radius 2 is 2.00 bits per heavy atom. The van der Waals surface area contributed by atoms with Gasteiger partial charge < -0.3 is 5.32 Å². The highest BCUT2D eigenvalue weighted by atomic mass is 32.2. The van der Waals surface area contributed by atoms with E-state index in [0.29, 0.717) is 5.69 Å². The minimum Gasteiger partial charge on any atom is -0.382 e. The van der Waals surface area contributed by atoms with Gasteiger partial charge in [0, 0.05) is 6.54 Å². The van der Waals surface area contributed by atoms with Crippen LogP contribution in [0.5, 0.6) is 0 Å². The maximum absolute atomic E-state index is 13.3. The Morgan fingerprint density at radius 1 is 1.33 bits per heavy atom. The van der Waals surface area contributed by atoms with E-state index < -0.39 is 9.84 Å². The summed E-state index contributed by atoms with van der Waals surface area (Å²) < 4.78 is 36.7. The molecule has 18 heavy (non-hydrogen) atoms. The first-order valence-electron chi connectivity index (χ1n) is 6.13. The quantitative estimate of drug-likeness (QED) is 0.831. The molecule has 0 aliphatic rings. The Hall–Kier alpha value is -1.10. The van der Waals surface area contributed by atoms with E-state index in [4.69, 9.17) is 0 Å². The van der Waals surface area contributed by atoms with Crippen LogP contribution >= 0.6 is 0 Å². The summed E-state index contributed by atoms with van der Waals surface area (Å²) in [4.78, 5) is 0. The smallest absolute Gasteiger partial charge is 0.152 e. The highest BCUT2D eigenvalue weighted by molar-refractivity contribution is 7.91. The molecule has 1 N–H and O–H groups in total. The van der Waals surface area contributed by atoms with Crippen LogP contribution in [0.4, 0.5) is 10.1 Å². The molecule has 0 spiro atoms. The zero-order valence-corrected chi connectivity index (χ0v) is 11.6.